The first-order valence-corrected chi connectivity index (χ1v) is 4.94. The Bertz CT molecular complexity index is 270. The first kappa shape index (κ1) is 10.7. The lowest BCUT2D eigenvalue weighted by molar-refractivity contribution is 0.0928. The van der Waals surface area contributed by atoms with Crippen LogP contribution in [-0.2, 0) is 0 Å². The average molecular weight is 196 g/mol. The fourth-order valence-electron chi connectivity index (χ4n) is 1.30. The lowest BCUT2D eigenvalue weighted by Gasteiger charge is -2.14. The van der Waals surface area contributed by atoms with Gasteiger partial charge in [0, 0.05) is 6.04 Å². The van der Waals surface area contributed by atoms with Crippen LogP contribution in [0.2, 0.25) is 0 Å². The Kier molecular flexibility index (Phi) is 4.10. The van der Waals surface area contributed by atoms with Crippen LogP contribution in [0.5, 0.6) is 0 Å². The lowest BCUT2D eigenvalue weighted by Crippen LogP contribution is -2.34. The molecule has 14 heavy (non-hydrogen) atoms. The van der Waals surface area contributed by atoms with Gasteiger partial charge in [-0.25, -0.2) is 0 Å². The Labute approximate surface area is 83.3 Å². The molecule has 0 aromatic carbocycles. The molecule has 1 atom stereocenters. The van der Waals surface area contributed by atoms with Crippen molar-refractivity contribution in [2.75, 3.05) is 0 Å². The summed E-state index contributed by atoms with van der Waals surface area (Å²) in [4.78, 5) is 11.5. The molecule has 0 radical (unpaired) electrons. The number of rotatable bonds is 5. The molecular formula is C9H16N4O. The largest absolute Gasteiger partial charge is 0.348 e. The van der Waals surface area contributed by atoms with Crippen molar-refractivity contribution in [1.82, 2.24) is 20.7 Å². The van der Waals surface area contributed by atoms with Crippen LogP contribution >= 0.6 is 0 Å². The predicted octanol–water partition coefficient (Wildman–Crippen LogP) is 1.11. The molecule has 0 aliphatic carbocycles. The van der Waals surface area contributed by atoms with E-state index in [1.54, 1.807) is 0 Å². The second kappa shape index (κ2) is 5.36. The molecule has 0 saturated carbocycles. The molecule has 0 bridgehead atoms. The molecule has 78 valence electrons. The Balaban J connectivity index is 2.47. The molecule has 1 unspecified atom stereocenters. The van der Waals surface area contributed by atoms with E-state index in [9.17, 15) is 4.79 Å². The quantitative estimate of drug-likeness (QED) is 0.741. The van der Waals surface area contributed by atoms with Gasteiger partial charge >= 0.3 is 0 Å². The maximum atomic E-state index is 11.5. The van der Waals surface area contributed by atoms with Crippen LogP contribution in [0.1, 0.15) is 43.6 Å². The minimum atomic E-state index is -0.154. The summed E-state index contributed by atoms with van der Waals surface area (Å²) in [6.07, 6.45) is 4.43. The highest BCUT2D eigenvalue weighted by molar-refractivity contribution is 5.91. The first-order chi connectivity index (χ1) is 6.77. The summed E-state index contributed by atoms with van der Waals surface area (Å²) in [5.41, 5.74) is 0.347. The number of aromatic amines is 1. The molecule has 1 heterocycles. The van der Waals surface area contributed by atoms with Crippen molar-refractivity contribution in [2.45, 2.75) is 39.2 Å². The highest BCUT2D eigenvalue weighted by Gasteiger charge is 2.12. The number of hydrogen-bond acceptors (Lipinski definition) is 3. The average Bonchev–Trinajstić information content (AvgIpc) is 2.69. The van der Waals surface area contributed by atoms with E-state index in [0.29, 0.717) is 5.69 Å². The maximum Gasteiger partial charge on any atom is 0.273 e. The summed E-state index contributed by atoms with van der Waals surface area (Å²) >= 11 is 0. The van der Waals surface area contributed by atoms with Gasteiger partial charge in [0.2, 0.25) is 0 Å². The molecule has 0 aliphatic rings. The minimum absolute atomic E-state index is 0.154. The fourth-order valence-corrected chi connectivity index (χ4v) is 1.30. The topological polar surface area (TPSA) is 70.7 Å². The first-order valence-electron chi connectivity index (χ1n) is 4.94. The van der Waals surface area contributed by atoms with Gasteiger partial charge in [-0.3, -0.25) is 4.79 Å². The van der Waals surface area contributed by atoms with Crippen LogP contribution in [-0.4, -0.2) is 27.4 Å². The van der Waals surface area contributed by atoms with Gasteiger partial charge in [-0.2, -0.15) is 15.4 Å². The van der Waals surface area contributed by atoms with E-state index in [1.807, 2.05) is 0 Å². The number of hydrogen-bond donors (Lipinski definition) is 2. The van der Waals surface area contributed by atoms with E-state index in [1.165, 1.54) is 6.20 Å². The number of H-pyrrole nitrogens is 1. The van der Waals surface area contributed by atoms with Crippen molar-refractivity contribution in [3.8, 4) is 0 Å². The standard InChI is InChI=1S/C9H16N4O/c1-3-5-7(4-2)11-9(14)8-6-10-13-12-8/h6-7H,3-5H2,1-2H3,(H,11,14)(H,10,12,13). The van der Waals surface area contributed by atoms with Gasteiger partial charge in [-0.1, -0.05) is 20.3 Å². The predicted molar refractivity (Wildman–Crippen MR) is 52.8 cm³/mol. The molecular weight excluding hydrogens is 180 g/mol. The van der Waals surface area contributed by atoms with Crippen molar-refractivity contribution < 1.29 is 4.79 Å². The summed E-state index contributed by atoms with van der Waals surface area (Å²) in [5.74, 6) is -0.154. The molecule has 0 fully saturated rings. The van der Waals surface area contributed by atoms with Gasteiger partial charge in [-0.15, -0.1) is 0 Å². The second-order valence-electron chi connectivity index (χ2n) is 3.22. The van der Waals surface area contributed by atoms with Crippen LogP contribution in [0, 0.1) is 0 Å². The summed E-state index contributed by atoms with van der Waals surface area (Å²) < 4.78 is 0. The number of carbonyl (C=O) groups excluding carboxylic acids is 1. The van der Waals surface area contributed by atoms with Gasteiger partial charge in [0.1, 0.15) is 0 Å². The molecule has 0 saturated heterocycles. The molecule has 1 aromatic rings. The van der Waals surface area contributed by atoms with Crippen molar-refractivity contribution in [3.63, 3.8) is 0 Å². The van der Waals surface area contributed by atoms with E-state index in [2.05, 4.69) is 34.6 Å². The lowest BCUT2D eigenvalue weighted by atomic mass is 10.1. The third kappa shape index (κ3) is 2.83. The maximum absolute atomic E-state index is 11.5. The number of aromatic nitrogens is 3. The third-order valence-corrected chi connectivity index (χ3v) is 2.11. The highest BCUT2D eigenvalue weighted by Crippen LogP contribution is 2.02. The Hall–Kier alpha value is -1.39. The van der Waals surface area contributed by atoms with Gasteiger partial charge in [0.05, 0.1) is 6.20 Å². The Morgan fingerprint density at radius 2 is 2.43 bits per heavy atom. The molecule has 0 aliphatic heterocycles. The van der Waals surface area contributed by atoms with E-state index in [-0.39, 0.29) is 11.9 Å². The van der Waals surface area contributed by atoms with E-state index in [0.717, 1.165) is 19.3 Å². The van der Waals surface area contributed by atoms with Crippen LogP contribution in [0.25, 0.3) is 0 Å². The van der Waals surface area contributed by atoms with Crippen molar-refractivity contribution in [3.05, 3.63) is 11.9 Å². The van der Waals surface area contributed by atoms with Crippen molar-refractivity contribution in [1.29, 1.82) is 0 Å². The van der Waals surface area contributed by atoms with Crippen LogP contribution in [0.3, 0.4) is 0 Å². The Morgan fingerprint density at radius 3 is 2.93 bits per heavy atom. The number of nitrogens with one attached hydrogen (secondary N) is 2. The molecule has 1 aromatic heterocycles. The zero-order valence-electron chi connectivity index (χ0n) is 8.58. The van der Waals surface area contributed by atoms with E-state index >= 15 is 0 Å². The van der Waals surface area contributed by atoms with E-state index in [4.69, 9.17) is 0 Å². The fraction of sp³-hybridized carbons (Fsp3) is 0.667. The van der Waals surface area contributed by atoms with Gasteiger partial charge in [-0.05, 0) is 12.8 Å². The van der Waals surface area contributed by atoms with Crippen LogP contribution < -0.4 is 5.32 Å². The molecule has 5 heteroatoms. The summed E-state index contributed by atoms with van der Waals surface area (Å²) in [5, 5.41) is 12.6. The Morgan fingerprint density at radius 1 is 1.64 bits per heavy atom. The highest BCUT2D eigenvalue weighted by atomic mass is 16.2. The molecule has 0 spiro atoms. The molecule has 1 amide bonds. The second-order valence-corrected chi connectivity index (χ2v) is 3.22. The molecule has 1 rings (SSSR count). The van der Waals surface area contributed by atoms with Crippen molar-refractivity contribution in [2.24, 2.45) is 0 Å². The van der Waals surface area contributed by atoms with E-state index < -0.39 is 0 Å². The zero-order chi connectivity index (χ0) is 10.4. The van der Waals surface area contributed by atoms with Gasteiger partial charge < -0.3 is 5.32 Å². The number of amides is 1. The normalized spacial score (nSPS) is 12.4. The van der Waals surface area contributed by atoms with Gasteiger partial charge in [0.25, 0.3) is 5.91 Å². The third-order valence-electron chi connectivity index (χ3n) is 2.11. The van der Waals surface area contributed by atoms with Crippen LogP contribution in [0.15, 0.2) is 6.20 Å². The van der Waals surface area contributed by atoms with Crippen LogP contribution in [0.4, 0.5) is 0 Å². The molecule has 5 nitrogen and oxygen atoms in total. The zero-order valence-corrected chi connectivity index (χ0v) is 8.58. The van der Waals surface area contributed by atoms with Gasteiger partial charge in [0.15, 0.2) is 5.69 Å². The minimum Gasteiger partial charge on any atom is -0.348 e. The number of carbonyl (C=O) groups is 1. The SMILES string of the molecule is CCCC(CC)NC(=O)c1cn[nH]n1. The summed E-state index contributed by atoms with van der Waals surface area (Å²) in [6.45, 7) is 4.16. The smallest absolute Gasteiger partial charge is 0.273 e. The molecule has 2 N–H and O–H groups in total. The monoisotopic (exact) mass is 196 g/mol. The van der Waals surface area contributed by atoms with Crippen molar-refractivity contribution >= 4 is 5.91 Å². The summed E-state index contributed by atoms with van der Waals surface area (Å²) in [7, 11) is 0. The summed E-state index contributed by atoms with van der Waals surface area (Å²) in [6, 6.07) is 0.240. The number of nitrogens with zero attached hydrogens (tertiary/aromatic N) is 2.